The molecule has 3 aromatic rings. The lowest BCUT2D eigenvalue weighted by molar-refractivity contribution is -0.119. The highest BCUT2D eigenvalue weighted by Crippen LogP contribution is 2.29. The van der Waals surface area contributed by atoms with Crippen molar-refractivity contribution >= 4 is 16.9 Å². The zero-order valence-electron chi connectivity index (χ0n) is 14.3. The number of carbonyl (C=O) groups excluding carboxylic acids is 1. The van der Waals surface area contributed by atoms with Crippen LogP contribution in [-0.4, -0.2) is 26.7 Å². The Morgan fingerprint density at radius 3 is 2.81 bits per heavy atom. The summed E-state index contributed by atoms with van der Waals surface area (Å²) in [6.07, 6.45) is 2.43. The Morgan fingerprint density at radius 2 is 2.07 bits per heavy atom. The fourth-order valence-electron chi connectivity index (χ4n) is 3.36. The van der Waals surface area contributed by atoms with Crippen LogP contribution in [0, 0.1) is 5.82 Å². The Balaban J connectivity index is 1.62. The number of nitrogens with zero attached hydrogens (tertiary/aromatic N) is 3. The number of rotatable bonds is 5. The summed E-state index contributed by atoms with van der Waals surface area (Å²) in [7, 11) is 0. The van der Waals surface area contributed by atoms with E-state index in [9.17, 15) is 18.0 Å². The molecule has 4 rings (SSSR count). The van der Waals surface area contributed by atoms with Crippen molar-refractivity contribution in [1.82, 2.24) is 20.1 Å². The van der Waals surface area contributed by atoms with Gasteiger partial charge in [0.1, 0.15) is 11.3 Å². The third kappa shape index (κ3) is 3.51. The number of aromatic nitrogens is 3. The maximum absolute atomic E-state index is 13.5. The van der Waals surface area contributed by atoms with Crippen molar-refractivity contribution in [3.63, 3.8) is 0 Å². The normalized spacial score (nSPS) is 17.0. The average Bonchev–Trinajstić information content (AvgIpc) is 3.25. The van der Waals surface area contributed by atoms with E-state index in [1.807, 2.05) is 6.07 Å². The number of aryl methyl sites for hydroxylation is 1. The van der Waals surface area contributed by atoms with Gasteiger partial charge in [0.2, 0.25) is 5.91 Å². The first kappa shape index (κ1) is 17.5. The van der Waals surface area contributed by atoms with Crippen molar-refractivity contribution in [3.8, 4) is 11.1 Å². The van der Waals surface area contributed by atoms with Crippen molar-refractivity contribution < 1.29 is 18.0 Å². The quantitative estimate of drug-likeness (QED) is 0.738. The molecule has 3 heterocycles. The summed E-state index contributed by atoms with van der Waals surface area (Å²) < 4.78 is 41.3. The zero-order valence-corrected chi connectivity index (χ0v) is 14.3. The Labute approximate surface area is 153 Å². The van der Waals surface area contributed by atoms with Crippen molar-refractivity contribution in [1.29, 1.82) is 0 Å². The van der Waals surface area contributed by atoms with Gasteiger partial charge in [-0.15, -0.1) is 0 Å². The van der Waals surface area contributed by atoms with E-state index in [2.05, 4.69) is 15.4 Å². The van der Waals surface area contributed by atoms with Crippen LogP contribution in [0.25, 0.3) is 22.2 Å². The van der Waals surface area contributed by atoms with E-state index in [0.717, 1.165) is 30.5 Å². The molecule has 27 heavy (non-hydrogen) atoms. The van der Waals surface area contributed by atoms with Crippen LogP contribution in [0.15, 0.2) is 36.7 Å². The van der Waals surface area contributed by atoms with Crippen LogP contribution in [0.1, 0.15) is 31.3 Å². The summed E-state index contributed by atoms with van der Waals surface area (Å²) in [4.78, 5) is 15.6. The van der Waals surface area contributed by atoms with E-state index in [0.29, 0.717) is 29.6 Å². The monoisotopic (exact) mass is 374 g/mol. The minimum Gasteiger partial charge on any atom is -0.353 e. The van der Waals surface area contributed by atoms with Crippen LogP contribution in [0.4, 0.5) is 13.2 Å². The van der Waals surface area contributed by atoms with E-state index in [4.69, 9.17) is 0 Å². The van der Waals surface area contributed by atoms with Gasteiger partial charge in [-0.2, -0.15) is 5.10 Å². The highest BCUT2D eigenvalue weighted by molar-refractivity contribution is 5.80. The van der Waals surface area contributed by atoms with Gasteiger partial charge in [0, 0.05) is 30.8 Å². The second-order valence-electron chi connectivity index (χ2n) is 6.62. The number of benzene rings is 1. The zero-order chi connectivity index (χ0) is 19.0. The van der Waals surface area contributed by atoms with E-state index in [1.165, 1.54) is 6.07 Å². The Kier molecular flexibility index (Phi) is 4.55. The van der Waals surface area contributed by atoms with Crippen LogP contribution in [0.2, 0.25) is 0 Å². The molecule has 1 saturated heterocycles. The van der Waals surface area contributed by atoms with Gasteiger partial charge in [-0.05, 0) is 36.6 Å². The van der Waals surface area contributed by atoms with Crippen molar-refractivity contribution in [2.24, 2.45) is 0 Å². The first-order valence-corrected chi connectivity index (χ1v) is 8.70. The summed E-state index contributed by atoms with van der Waals surface area (Å²) in [6, 6.07) is 5.60. The van der Waals surface area contributed by atoms with Gasteiger partial charge in [-0.25, -0.2) is 13.2 Å². The molecule has 2 aromatic heterocycles. The number of hydrogen-bond donors (Lipinski definition) is 1. The molecule has 1 aromatic carbocycles. The molecule has 0 saturated carbocycles. The van der Waals surface area contributed by atoms with Gasteiger partial charge in [-0.1, -0.05) is 6.07 Å². The molecule has 1 atom stereocenters. The van der Waals surface area contributed by atoms with Crippen LogP contribution in [0.5, 0.6) is 0 Å². The highest BCUT2D eigenvalue weighted by atomic mass is 19.3. The molecular formula is C19H17F3N4O. The minimum atomic E-state index is -2.88. The molecule has 1 aliphatic rings. The number of hydrogen-bond acceptors (Lipinski definition) is 3. The molecule has 0 bridgehead atoms. The van der Waals surface area contributed by atoms with E-state index < -0.39 is 17.8 Å². The molecule has 1 N–H and O–H groups in total. The molecule has 8 heteroatoms. The van der Waals surface area contributed by atoms with E-state index in [-0.39, 0.29) is 11.9 Å². The number of amides is 1. The standard InChI is InChI=1S/C19H17F3N4O/c20-15-3-1-11(7-14(15)19(21)22)12-8-17-16(23-9-12)10-24-26(17)6-5-13-2-4-18(27)25-13/h1,3,7-10,13,19H,2,4-6H2,(H,25,27). The number of nitrogens with one attached hydrogen (secondary N) is 1. The summed E-state index contributed by atoms with van der Waals surface area (Å²) in [5, 5.41) is 7.25. The third-order valence-corrected chi connectivity index (χ3v) is 4.83. The van der Waals surface area contributed by atoms with Crippen molar-refractivity contribution in [3.05, 3.63) is 48.0 Å². The predicted octanol–water partition coefficient (Wildman–Crippen LogP) is 3.84. The number of alkyl halides is 2. The lowest BCUT2D eigenvalue weighted by Gasteiger charge is -2.11. The first-order valence-electron chi connectivity index (χ1n) is 8.70. The van der Waals surface area contributed by atoms with Crippen LogP contribution in [-0.2, 0) is 11.3 Å². The average molecular weight is 374 g/mol. The fraction of sp³-hybridized carbons (Fsp3) is 0.316. The highest BCUT2D eigenvalue weighted by Gasteiger charge is 2.21. The number of fused-ring (bicyclic) bond motifs is 1. The molecule has 1 fully saturated rings. The first-order chi connectivity index (χ1) is 13.0. The summed E-state index contributed by atoms with van der Waals surface area (Å²) in [6.45, 7) is 0.602. The lowest BCUT2D eigenvalue weighted by atomic mass is 10.0. The molecular weight excluding hydrogens is 357 g/mol. The fourth-order valence-corrected chi connectivity index (χ4v) is 3.36. The van der Waals surface area contributed by atoms with Gasteiger partial charge < -0.3 is 5.32 Å². The molecule has 0 aliphatic carbocycles. The predicted molar refractivity (Wildman–Crippen MR) is 93.7 cm³/mol. The largest absolute Gasteiger partial charge is 0.353 e. The Morgan fingerprint density at radius 1 is 1.22 bits per heavy atom. The molecule has 1 aliphatic heterocycles. The van der Waals surface area contributed by atoms with Gasteiger partial charge in [0.25, 0.3) is 6.43 Å². The maximum Gasteiger partial charge on any atom is 0.266 e. The van der Waals surface area contributed by atoms with Crippen molar-refractivity contribution in [2.75, 3.05) is 0 Å². The molecule has 5 nitrogen and oxygen atoms in total. The summed E-state index contributed by atoms with van der Waals surface area (Å²) in [5.41, 5.74) is 1.90. The van der Waals surface area contributed by atoms with Gasteiger partial charge in [-0.3, -0.25) is 14.5 Å². The lowest BCUT2D eigenvalue weighted by Crippen LogP contribution is -2.26. The Hall–Kier alpha value is -2.90. The molecule has 140 valence electrons. The van der Waals surface area contributed by atoms with E-state index in [1.54, 1.807) is 17.1 Å². The van der Waals surface area contributed by atoms with Crippen LogP contribution >= 0.6 is 0 Å². The summed E-state index contributed by atoms with van der Waals surface area (Å²) >= 11 is 0. The van der Waals surface area contributed by atoms with Gasteiger partial charge in [0.05, 0.1) is 17.3 Å². The smallest absolute Gasteiger partial charge is 0.266 e. The number of pyridine rings is 1. The third-order valence-electron chi connectivity index (χ3n) is 4.83. The second-order valence-corrected chi connectivity index (χ2v) is 6.62. The topological polar surface area (TPSA) is 59.8 Å². The molecule has 0 spiro atoms. The summed E-state index contributed by atoms with van der Waals surface area (Å²) in [5.74, 6) is -0.855. The van der Waals surface area contributed by atoms with Gasteiger partial charge >= 0.3 is 0 Å². The van der Waals surface area contributed by atoms with Crippen LogP contribution < -0.4 is 5.32 Å². The molecule has 1 amide bonds. The molecule has 0 radical (unpaired) electrons. The Bertz CT molecular complexity index is 1000. The molecule has 1 unspecified atom stereocenters. The van der Waals surface area contributed by atoms with E-state index >= 15 is 0 Å². The number of carbonyl (C=O) groups is 1. The van der Waals surface area contributed by atoms with Crippen molar-refractivity contribution in [2.45, 2.75) is 38.3 Å². The minimum absolute atomic E-state index is 0.0698. The maximum atomic E-state index is 13.5. The SMILES string of the molecule is O=C1CCC(CCn2ncc3ncc(-c4ccc(F)c(C(F)F)c4)cc32)N1. The van der Waals surface area contributed by atoms with Crippen LogP contribution in [0.3, 0.4) is 0 Å². The van der Waals surface area contributed by atoms with Gasteiger partial charge in [0.15, 0.2) is 0 Å². The second kappa shape index (κ2) is 7.02. The number of halogens is 3.